The molecular weight excluding hydrogens is 234 g/mol. The van der Waals surface area contributed by atoms with Crippen LogP contribution in [0, 0.1) is 0 Å². The monoisotopic (exact) mass is 241 g/mol. The Morgan fingerprint density at radius 2 is 2.12 bits per heavy atom. The Morgan fingerprint density at radius 3 is 3.06 bits per heavy atom. The summed E-state index contributed by atoms with van der Waals surface area (Å²) in [6, 6.07) is 4.04. The van der Waals surface area contributed by atoms with Crippen LogP contribution in [-0.4, -0.2) is 20.2 Å². The maximum absolute atomic E-state index is 5.92. The van der Waals surface area contributed by atoms with Crippen molar-refractivity contribution in [2.24, 2.45) is 0 Å². The molecule has 0 radical (unpaired) electrons. The Morgan fingerprint density at radius 1 is 1.18 bits per heavy atom. The number of hydrogen-bond acceptors (Lipinski definition) is 5. The van der Waals surface area contributed by atoms with E-state index in [0.717, 1.165) is 31.2 Å². The number of benzene rings is 1. The van der Waals surface area contributed by atoms with Crippen LogP contribution in [0.25, 0.3) is 31.2 Å². The molecule has 0 amide bonds. The van der Waals surface area contributed by atoms with Gasteiger partial charge < -0.3 is 5.73 Å². The van der Waals surface area contributed by atoms with Gasteiger partial charge in [-0.2, -0.15) is 5.10 Å². The number of hydrogen-bond donors (Lipinski definition) is 2. The smallest absolute Gasteiger partial charge is 0.136 e. The number of aromatic nitrogens is 4. The van der Waals surface area contributed by atoms with Crippen molar-refractivity contribution < 1.29 is 0 Å². The van der Waals surface area contributed by atoms with Crippen LogP contribution in [-0.2, 0) is 0 Å². The maximum atomic E-state index is 5.92. The molecule has 0 saturated heterocycles. The Kier molecular flexibility index (Phi) is 1.53. The number of nitrogen functional groups attached to an aromatic ring is 1. The molecule has 82 valence electrons. The lowest BCUT2D eigenvalue weighted by Crippen LogP contribution is -1.90. The number of H-pyrrole nitrogens is 1. The predicted molar refractivity (Wildman–Crippen MR) is 69.0 cm³/mol. The molecule has 0 bridgehead atoms. The van der Waals surface area contributed by atoms with Crippen LogP contribution >= 0.6 is 11.3 Å². The predicted octanol–water partition coefficient (Wildman–Crippen LogP) is 2.30. The molecule has 3 heterocycles. The van der Waals surface area contributed by atoms with E-state index in [1.165, 1.54) is 6.33 Å². The van der Waals surface area contributed by atoms with Gasteiger partial charge in [0.2, 0.25) is 0 Å². The zero-order valence-electron chi connectivity index (χ0n) is 8.64. The van der Waals surface area contributed by atoms with E-state index in [-0.39, 0.29) is 0 Å². The Bertz CT molecular complexity index is 860. The number of anilines is 1. The number of nitrogens with zero attached hydrogens (tertiary/aromatic N) is 3. The van der Waals surface area contributed by atoms with Gasteiger partial charge in [0.15, 0.2) is 0 Å². The van der Waals surface area contributed by atoms with Gasteiger partial charge in [-0.3, -0.25) is 5.10 Å². The van der Waals surface area contributed by atoms with Crippen LogP contribution in [0.1, 0.15) is 0 Å². The van der Waals surface area contributed by atoms with Crippen molar-refractivity contribution in [2.45, 2.75) is 0 Å². The standard InChI is InChI=1S/C11H7N5S/c12-10-8-5-1-2-7-6(3-15-16-7)9(5)17-11(8)14-4-13-10/h1-4H,(H,15,16)(H2,12,13,14). The molecule has 4 rings (SSSR count). The highest BCUT2D eigenvalue weighted by Crippen LogP contribution is 2.38. The molecule has 0 atom stereocenters. The number of thiophene rings is 1. The van der Waals surface area contributed by atoms with Gasteiger partial charge in [0.05, 0.1) is 17.1 Å². The van der Waals surface area contributed by atoms with Crippen molar-refractivity contribution in [1.82, 2.24) is 20.2 Å². The lowest BCUT2D eigenvalue weighted by Gasteiger charge is -1.95. The van der Waals surface area contributed by atoms with E-state index in [0.29, 0.717) is 5.82 Å². The molecule has 3 N–H and O–H groups in total. The van der Waals surface area contributed by atoms with Gasteiger partial charge in [-0.15, -0.1) is 11.3 Å². The van der Waals surface area contributed by atoms with Crippen molar-refractivity contribution in [2.75, 3.05) is 5.73 Å². The van der Waals surface area contributed by atoms with Crippen molar-refractivity contribution in [1.29, 1.82) is 0 Å². The van der Waals surface area contributed by atoms with Gasteiger partial charge >= 0.3 is 0 Å². The fourth-order valence-electron chi connectivity index (χ4n) is 2.11. The molecular formula is C11H7N5S. The molecule has 4 aromatic rings. The van der Waals surface area contributed by atoms with Gasteiger partial charge in [0.25, 0.3) is 0 Å². The van der Waals surface area contributed by atoms with Gasteiger partial charge in [-0.05, 0) is 6.07 Å². The number of nitrogens with one attached hydrogen (secondary N) is 1. The molecule has 0 aliphatic carbocycles. The largest absolute Gasteiger partial charge is 0.383 e. The second kappa shape index (κ2) is 2.92. The maximum Gasteiger partial charge on any atom is 0.136 e. The third-order valence-electron chi connectivity index (χ3n) is 2.88. The van der Waals surface area contributed by atoms with Crippen LogP contribution in [0.5, 0.6) is 0 Å². The fraction of sp³-hybridized carbons (Fsp3) is 0. The summed E-state index contributed by atoms with van der Waals surface area (Å²) >= 11 is 1.62. The molecule has 17 heavy (non-hydrogen) atoms. The van der Waals surface area contributed by atoms with Crippen LogP contribution in [0.4, 0.5) is 5.82 Å². The summed E-state index contributed by atoms with van der Waals surface area (Å²) in [4.78, 5) is 9.23. The summed E-state index contributed by atoms with van der Waals surface area (Å²) in [7, 11) is 0. The first kappa shape index (κ1) is 8.89. The minimum atomic E-state index is 0.532. The SMILES string of the molecule is Nc1ncnc2sc3c4cn[nH]c4ccc3c12. The van der Waals surface area contributed by atoms with Crippen molar-refractivity contribution in [3.8, 4) is 0 Å². The zero-order valence-corrected chi connectivity index (χ0v) is 9.45. The number of fused-ring (bicyclic) bond motifs is 5. The highest BCUT2D eigenvalue weighted by atomic mass is 32.1. The first-order chi connectivity index (χ1) is 8.34. The van der Waals surface area contributed by atoms with E-state index in [1.807, 2.05) is 18.3 Å². The molecule has 0 fully saturated rings. The van der Waals surface area contributed by atoms with Crippen molar-refractivity contribution >= 4 is 48.4 Å². The summed E-state index contributed by atoms with van der Waals surface area (Å²) in [6.07, 6.45) is 3.33. The molecule has 0 saturated carbocycles. The van der Waals surface area contributed by atoms with E-state index < -0.39 is 0 Å². The van der Waals surface area contributed by atoms with E-state index in [9.17, 15) is 0 Å². The highest BCUT2D eigenvalue weighted by molar-refractivity contribution is 7.26. The summed E-state index contributed by atoms with van der Waals surface area (Å²) < 4.78 is 1.15. The first-order valence-electron chi connectivity index (χ1n) is 5.09. The van der Waals surface area contributed by atoms with Gasteiger partial charge in [0.1, 0.15) is 17.0 Å². The third kappa shape index (κ3) is 1.05. The number of aromatic amines is 1. The first-order valence-corrected chi connectivity index (χ1v) is 5.91. The summed E-state index contributed by atoms with van der Waals surface area (Å²) in [5.74, 6) is 0.532. The number of nitrogens with two attached hydrogens (primary N) is 1. The van der Waals surface area contributed by atoms with E-state index in [1.54, 1.807) is 11.3 Å². The quantitative estimate of drug-likeness (QED) is 0.495. The lowest BCUT2D eigenvalue weighted by atomic mass is 10.1. The van der Waals surface area contributed by atoms with Crippen LogP contribution in [0.15, 0.2) is 24.7 Å². The van der Waals surface area contributed by atoms with E-state index >= 15 is 0 Å². The minimum Gasteiger partial charge on any atom is -0.383 e. The van der Waals surface area contributed by atoms with Gasteiger partial charge in [-0.25, -0.2) is 9.97 Å². The van der Waals surface area contributed by atoms with E-state index in [2.05, 4.69) is 20.2 Å². The molecule has 1 aromatic carbocycles. The average Bonchev–Trinajstić information content (AvgIpc) is 2.91. The molecule has 0 aliphatic rings. The van der Waals surface area contributed by atoms with E-state index in [4.69, 9.17) is 5.73 Å². The van der Waals surface area contributed by atoms with Gasteiger partial charge in [0, 0.05) is 15.5 Å². The lowest BCUT2D eigenvalue weighted by molar-refractivity contribution is 1.12. The Hall–Kier alpha value is -2.21. The Labute approximate surface area is 99.3 Å². The second-order valence-corrected chi connectivity index (χ2v) is 4.81. The van der Waals surface area contributed by atoms with Gasteiger partial charge in [-0.1, -0.05) is 6.07 Å². The molecule has 0 unspecified atom stereocenters. The van der Waals surface area contributed by atoms with Crippen LogP contribution < -0.4 is 5.73 Å². The fourth-order valence-corrected chi connectivity index (χ4v) is 3.27. The molecule has 3 aromatic heterocycles. The van der Waals surface area contributed by atoms with Crippen LogP contribution in [0.3, 0.4) is 0 Å². The minimum absolute atomic E-state index is 0.532. The third-order valence-corrected chi connectivity index (χ3v) is 4.03. The summed E-state index contributed by atoms with van der Waals surface area (Å²) in [5, 5.41) is 10.2. The topological polar surface area (TPSA) is 80.5 Å². The molecule has 6 heteroatoms. The molecule has 0 spiro atoms. The van der Waals surface area contributed by atoms with Crippen LogP contribution in [0.2, 0.25) is 0 Å². The normalized spacial score (nSPS) is 11.8. The highest BCUT2D eigenvalue weighted by Gasteiger charge is 2.12. The Balaban J connectivity index is 2.37. The van der Waals surface area contributed by atoms with Crippen molar-refractivity contribution in [3.05, 3.63) is 24.7 Å². The van der Waals surface area contributed by atoms with Crippen molar-refractivity contribution in [3.63, 3.8) is 0 Å². The second-order valence-electron chi connectivity index (χ2n) is 3.81. The number of rotatable bonds is 0. The molecule has 5 nitrogen and oxygen atoms in total. The summed E-state index contributed by atoms with van der Waals surface area (Å²) in [5.41, 5.74) is 6.94. The zero-order chi connectivity index (χ0) is 11.4. The average molecular weight is 241 g/mol. The summed E-state index contributed by atoms with van der Waals surface area (Å²) in [6.45, 7) is 0. The molecule has 0 aliphatic heterocycles.